The van der Waals surface area contributed by atoms with Crippen LogP contribution in [0.1, 0.15) is 40.0 Å². The summed E-state index contributed by atoms with van der Waals surface area (Å²) >= 11 is 0. The van der Waals surface area contributed by atoms with E-state index in [1.165, 1.54) is 24.3 Å². The highest BCUT2D eigenvalue weighted by Gasteiger charge is 2.32. The van der Waals surface area contributed by atoms with Gasteiger partial charge in [-0.15, -0.1) is 5.17 Å². The Kier molecular flexibility index (Phi) is 8.37. The second-order valence-electron chi connectivity index (χ2n) is 9.77. The smallest absolute Gasteiger partial charge is 0.410 e. The summed E-state index contributed by atoms with van der Waals surface area (Å²) < 4.78 is 44.9. The molecular formula is C25H32FN3O6S. The van der Waals surface area contributed by atoms with Crippen molar-refractivity contribution >= 4 is 22.0 Å². The molecule has 3 rings (SSSR count). The summed E-state index contributed by atoms with van der Waals surface area (Å²) in [4.78, 5) is 26.3. The van der Waals surface area contributed by atoms with Gasteiger partial charge in [0, 0.05) is 26.6 Å². The van der Waals surface area contributed by atoms with Crippen LogP contribution < -0.4 is 0 Å². The first-order chi connectivity index (χ1) is 16.8. The zero-order chi connectivity index (χ0) is 26.7. The number of carbonyl (C=O) groups excluding carboxylic acids is 2. The summed E-state index contributed by atoms with van der Waals surface area (Å²) in [7, 11) is -3.12. The summed E-state index contributed by atoms with van der Waals surface area (Å²) in [5.41, 5.74) is 0.801. The molecule has 36 heavy (non-hydrogen) atoms. The first-order valence-corrected chi connectivity index (χ1v) is 13.1. The second-order valence-corrected chi connectivity index (χ2v) is 11.7. The summed E-state index contributed by atoms with van der Waals surface area (Å²) in [5, 5.41) is 10.5. The first kappa shape index (κ1) is 27.6. The Morgan fingerprint density at radius 3 is 2.03 bits per heavy atom. The zero-order valence-corrected chi connectivity index (χ0v) is 21.7. The van der Waals surface area contributed by atoms with Crippen molar-refractivity contribution in [3.8, 4) is 11.1 Å². The molecule has 2 aromatic rings. The van der Waals surface area contributed by atoms with Gasteiger partial charge in [0.1, 0.15) is 11.4 Å². The van der Waals surface area contributed by atoms with Crippen molar-refractivity contribution in [2.45, 2.75) is 50.5 Å². The maximum Gasteiger partial charge on any atom is 0.410 e. The number of likely N-dealkylation sites (tertiary alicyclic amines) is 1. The van der Waals surface area contributed by atoms with Crippen molar-refractivity contribution < 1.29 is 32.3 Å². The monoisotopic (exact) mass is 521 g/mol. The molecular weight excluding hydrogens is 489 g/mol. The van der Waals surface area contributed by atoms with Gasteiger partial charge in [-0.1, -0.05) is 28.7 Å². The van der Waals surface area contributed by atoms with Crippen LogP contribution in [0.15, 0.2) is 53.4 Å². The lowest BCUT2D eigenvalue weighted by Crippen LogP contribution is -2.46. The minimum Gasteiger partial charge on any atom is -0.444 e. The average molecular weight is 522 g/mol. The van der Waals surface area contributed by atoms with Gasteiger partial charge in [0.05, 0.1) is 4.90 Å². The third-order valence-electron chi connectivity index (χ3n) is 5.90. The Morgan fingerprint density at radius 1 is 1.03 bits per heavy atom. The van der Waals surface area contributed by atoms with Gasteiger partial charge in [-0.2, -0.15) is 0 Å². The fraction of sp³-hybridized carbons (Fsp3) is 0.440. The SMILES string of the molecule is CN(N(O)C(=O)CC1CCN(C(=O)OC(C)(C)C)CC1)S(=O)(=O)c1ccc(-c2ccc(F)cc2)cc1. The normalized spacial score (nSPS) is 15.1. The molecule has 1 saturated heterocycles. The highest BCUT2D eigenvalue weighted by atomic mass is 32.2. The minimum absolute atomic E-state index is 0.0674. The second kappa shape index (κ2) is 10.9. The number of ether oxygens (including phenoxy) is 1. The van der Waals surface area contributed by atoms with Crippen molar-refractivity contribution in [1.82, 2.24) is 14.5 Å². The summed E-state index contributed by atoms with van der Waals surface area (Å²) in [6.07, 6.45) is 0.579. The van der Waals surface area contributed by atoms with Gasteiger partial charge in [0.2, 0.25) is 0 Å². The predicted molar refractivity (Wildman–Crippen MR) is 131 cm³/mol. The van der Waals surface area contributed by atoms with Gasteiger partial charge in [-0.25, -0.2) is 17.6 Å². The number of hydrazine groups is 1. The van der Waals surface area contributed by atoms with E-state index in [1.54, 1.807) is 49.9 Å². The van der Waals surface area contributed by atoms with Crippen molar-refractivity contribution in [3.05, 3.63) is 54.3 Å². The molecule has 1 N–H and O–H groups in total. The van der Waals surface area contributed by atoms with E-state index in [2.05, 4.69) is 0 Å². The Hall–Kier alpha value is -3.02. The molecule has 0 spiro atoms. The third kappa shape index (κ3) is 6.80. The van der Waals surface area contributed by atoms with E-state index in [0.717, 1.165) is 7.05 Å². The largest absolute Gasteiger partial charge is 0.444 e. The third-order valence-corrected chi connectivity index (χ3v) is 7.62. The van der Waals surface area contributed by atoms with E-state index in [4.69, 9.17) is 4.74 Å². The van der Waals surface area contributed by atoms with Crippen LogP contribution in [0, 0.1) is 11.7 Å². The molecule has 0 atom stereocenters. The summed E-state index contributed by atoms with van der Waals surface area (Å²) in [6, 6.07) is 11.6. The maximum atomic E-state index is 13.1. The Balaban J connectivity index is 1.58. The molecule has 2 amide bonds. The number of hydrogen-bond acceptors (Lipinski definition) is 6. The molecule has 0 aliphatic carbocycles. The maximum absolute atomic E-state index is 13.1. The number of nitrogens with zero attached hydrogens (tertiary/aromatic N) is 3. The number of hydroxylamine groups is 1. The molecule has 196 valence electrons. The summed E-state index contributed by atoms with van der Waals surface area (Å²) in [5.74, 6) is -1.25. The van der Waals surface area contributed by atoms with E-state index in [9.17, 15) is 27.6 Å². The minimum atomic E-state index is -4.21. The Labute approximate surface area is 211 Å². The topological polar surface area (TPSA) is 107 Å². The summed E-state index contributed by atoms with van der Waals surface area (Å²) in [6.45, 7) is 6.18. The van der Waals surface area contributed by atoms with Crippen LogP contribution in [0.2, 0.25) is 0 Å². The standard InChI is InChI=1S/C25H32FN3O6S/c1-25(2,3)35-24(31)28-15-13-18(14-16-28)17-23(30)29(32)27(4)36(33,34)22-11-7-20(8-12-22)19-5-9-21(26)10-6-19/h5-12,18,32H,13-17H2,1-4H3. The van der Waals surface area contributed by atoms with Crippen LogP contribution in [0.25, 0.3) is 11.1 Å². The molecule has 1 aliphatic heterocycles. The average Bonchev–Trinajstić information content (AvgIpc) is 2.83. The number of amides is 2. The van der Waals surface area contributed by atoms with Crippen LogP contribution in [0.5, 0.6) is 0 Å². The molecule has 0 saturated carbocycles. The zero-order valence-electron chi connectivity index (χ0n) is 20.8. The van der Waals surface area contributed by atoms with Gasteiger partial charge in [-0.3, -0.25) is 10.0 Å². The molecule has 9 nitrogen and oxygen atoms in total. The van der Waals surface area contributed by atoms with E-state index >= 15 is 0 Å². The number of hydrogen-bond donors (Lipinski definition) is 1. The van der Waals surface area contributed by atoms with Gasteiger partial charge in [0.25, 0.3) is 15.9 Å². The lowest BCUT2D eigenvalue weighted by atomic mass is 9.93. The van der Waals surface area contributed by atoms with E-state index in [0.29, 0.717) is 41.5 Å². The van der Waals surface area contributed by atoms with Gasteiger partial charge in [0.15, 0.2) is 0 Å². The molecule has 1 aliphatic rings. The predicted octanol–water partition coefficient (Wildman–Crippen LogP) is 4.28. The fourth-order valence-corrected chi connectivity index (χ4v) is 4.93. The number of rotatable bonds is 6. The highest BCUT2D eigenvalue weighted by Crippen LogP contribution is 2.26. The van der Waals surface area contributed by atoms with Crippen LogP contribution in [-0.4, -0.2) is 65.9 Å². The van der Waals surface area contributed by atoms with Crippen molar-refractivity contribution in [1.29, 1.82) is 0 Å². The number of halogens is 1. The number of sulfonamides is 1. The van der Waals surface area contributed by atoms with Crippen molar-refractivity contribution in [2.75, 3.05) is 20.1 Å². The highest BCUT2D eigenvalue weighted by molar-refractivity contribution is 7.89. The molecule has 11 heteroatoms. The van der Waals surface area contributed by atoms with Crippen molar-refractivity contribution in [2.24, 2.45) is 5.92 Å². The molecule has 1 fully saturated rings. The fourth-order valence-electron chi connectivity index (χ4n) is 3.85. The molecule has 0 unspecified atom stereocenters. The molecule has 1 heterocycles. The van der Waals surface area contributed by atoms with Crippen LogP contribution in [0.4, 0.5) is 9.18 Å². The Bertz CT molecular complexity index is 1170. The van der Waals surface area contributed by atoms with Gasteiger partial charge in [-0.05, 0) is 74.9 Å². The molecule has 0 radical (unpaired) electrons. The molecule has 0 aromatic heterocycles. The van der Waals surface area contributed by atoms with E-state index in [1.807, 2.05) is 0 Å². The van der Waals surface area contributed by atoms with E-state index in [-0.39, 0.29) is 28.2 Å². The van der Waals surface area contributed by atoms with Crippen LogP contribution in [-0.2, 0) is 19.6 Å². The molecule has 2 aromatic carbocycles. The lowest BCUT2D eigenvalue weighted by Gasteiger charge is -2.34. The molecule has 0 bridgehead atoms. The van der Waals surface area contributed by atoms with Crippen molar-refractivity contribution in [3.63, 3.8) is 0 Å². The van der Waals surface area contributed by atoms with Crippen LogP contribution in [0.3, 0.4) is 0 Å². The van der Waals surface area contributed by atoms with E-state index < -0.39 is 27.6 Å². The quantitative estimate of drug-likeness (QED) is 0.449. The van der Waals surface area contributed by atoms with Gasteiger partial charge >= 0.3 is 6.09 Å². The first-order valence-electron chi connectivity index (χ1n) is 11.6. The van der Waals surface area contributed by atoms with Crippen LogP contribution >= 0.6 is 0 Å². The number of piperidine rings is 1. The Morgan fingerprint density at radius 2 is 1.53 bits per heavy atom. The lowest BCUT2D eigenvalue weighted by molar-refractivity contribution is -0.207. The van der Waals surface area contributed by atoms with Gasteiger partial charge < -0.3 is 9.64 Å². The number of carbonyl (C=O) groups is 2. The number of benzene rings is 2.